The van der Waals surface area contributed by atoms with Crippen LogP contribution >= 0.6 is 38.9 Å². The highest BCUT2D eigenvalue weighted by Crippen LogP contribution is 2.39. The van der Waals surface area contributed by atoms with Crippen molar-refractivity contribution in [1.82, 2.24) is 0 Å². The van der Waals surface area contributed by atoms with Crippen molar-refractivity contribution in [1.29, 1.82) is 0 Å². The van der Waals surface area contributed by atoms with Crippen molar-refractivity contribution in [3.05, 3.63) is 38.0 Å². The SMILES string of the molecule is CC(Nc1cc2c(cc1Cl)OCCO2)c1ccc(Br)s1. The molecule has 0 radical (unpaired) electrons. The molecule has 1 aromatic heterocycles. The molecule has 0 bridgehead atoms. The molecular weight excluding hydrogens is 362 g/mol. The summed E-state index contributed by atoms with van der Waals surface area (Å²) in [5.74, 6) is 1.45. The molecule has 1 aromatic carbocycles. The Labute approximate surface area is 135 Å². The van der Waals surface area contributed by atoms with Crippen LogP contribution in [-0.2, 0) is 0 Å². The van der Waals surface area contributed by atoms with Gasteiger partial charge in [0, 0.05) is 17.0 Å². The first kappa shape index (κ1) is 14.0. The number of anilines is 1. The average molecular weight is 375 g/mol. The average Bonchev–Trinajstić information content (AvgIpc) is 2.86. The topological polar surface area (TPSA) is 30.5 Å². The second-order valence-corrected chi connectivity index (χ2v) is 7.39. The molecule has 2 heterocycles. The van der Waals surface area contributed by atoms with Crippen LogP contribution in [0.2, 0.25) is 5.02 Å². The lowest BCUT2D eigenvalue weighted by Gasteiger charge is -2.21. The minimum atomic E-state index is 0.173. The van der Waals surface area contributed by atoms with E-state index in [9.17, 15) is 0 Å². The lowest BCUT2D eigenvalue weighted by atomic mass is 10.2. The second-order valence-electron chi connectivity index (χ2n) is 4.48. The molecule has 0 amide bonds. The number of nitrogens with one attached hydrogen (secondary N) is 1. The minimum Gasteiger partial charge on any atom is -0.486 e. The van der Waals surface area contributed by atoms with Crippen LogP contribution in [0, 0.1) is 0 Å². The summed E-state index contributed by atoms with van der Waals surface area (Å²) in [7, 11) is 0. The van der Waals surface area contributed by atoms with Gasteiger partial charge in [-0.05, 0) is 35.0 Å². The van der Waals surface area contributed by atoms with E-state index in [1.54, 1.807) is 17.4 Å². The normalized spacial score (nSPS) is 14.9. The van der Waals surface area contributed by atoms with Gasteiger partial charge >= 0.3 is 0 Å². The van der Waals surface area contributed by atoms with Crippen LogP contribution < -0.4 is 14.8 Å². The molecule has 1 unspecified atom stereocenters. The zero-order valence-electron chi connectivity index (χ0n) is 10.8. The highest BCUT2D eigenvalue weighted by molar-refractivity contribution is 9.11. The van der Waals surface area contributed by atoms with Crippen molar-refractivity contribution in [2.45, 2.75) is 13.0 Å². The van der Waals surface area contributed by atoms with E-state index in [2.05, 4.69) is 34.2 Å². The first-order valence-electron chi connectivity index (χ1n) is 6.24. The molecule has 3 nitrogen and oxygen atoms in total. The van der Waals surface area contributed by atoms with E-state index >= 15 is 0 Å². The molecule has 106 valence electrons. The molecule has 1 atom stereocenters. The van der Waals surface area contributed by atoms with Crippen LogP contribution in [0.1, 0.15) is 17.8 Å². The molecule has 0 fully saturated rings. The Hall–Kier alpha value is -0.910. The van der Waals surface area contributed by atoms with E-state index < -0.39 is 0 Å². The number of ether oxygens (including phenoxy) is 2. The van der Waals surface area contributed by atoms with Gasteiger partial charge in [-0.1, -0.05) is 11.6 Å². The number of hydrogen-bond donors (Lipinski definition) is 1. The molecule has 2 aromatic rings. The minimum absolute atomic E-state index is 0.173. The van der Waals surface area contributed by atoms with Gasteiger partial charge in [-0.3, -0.25) is 0 Å². The number of halogens is 2. The zero-order valence-corrected chi connectivity index (χ0v) is 13.9. The Kier molecular flexibility index (Phi) is 4.10. The molecule has 6 heteroatoms. The highest BCUT2D eigenvalue weighted by atomic mass is 79.9. The molecule has 1 N–H and O–H groups in total. The Morgan fingerprint density at radius 1 is 1.25 bits per heavy atom. The molecule has 0 aliphatic carbocycles. The van der Waals surface area contributed by atoms with Crippen molar-refractivity contribution in [2.24, 2.45) is 0 Å². The van der Waals surface area contributed by atoms with E-state index in [4.69, 9.17) is 21.1 Å². The maximum Gasteiger partial charge on any atom is 0.163 e. The number of benzene rings is 1. The third-order valence-corrected chi connectivity index (χ3v) is 5.14. The number of thiophene rings is 1. The van der Waals surface area contributed by atoms with Gasteiger partial charge in [0.05, 0.1) is 20.5 Å². The maximum atomic E-state index is 6.29. The Morgan fingerprint density at radius 2 is 1.95 bits per heavy atom. The van der Waals surface area contributed by atoms with Crippen molar-refractivity contribution in [2.75, 3.05) is 18.5 Å². The first-order chi connectivity index (χ1) is 9.63. The summed E-state index contributed by atoms with van der Waals surface area (Å²) in [6.07, 6.45) is 0. The van der Waals surface area contributed by atoms with Gasteiger partial charge in [0.15, 0.2) is 11.5 Å². The molecule has 0 saturated carbocycles. The van der Waals surface area contributed by atoms with Crippen molar-refractivity contribution in [3.8, 4) is 11.5 Å². The fraction of sp³-hybridized carbons (Fsp3) is 0.286. The molecule has 3 rings (SSSR count). The largest absolute Gasteiger partial charge is 0.486 e. The van der Waals surface area contributed by atoms with E-state index in [1.165, 1.54) is 4.88 Å². The second kappa shape index (κ2) is 5.84. The summed E-state index contributed by atoms with van der Waals surface area (Å²) in [4.78, 5) is 1.24. The van der Waals surface area contributed by atoms with Crippen LogP contribution in [-0.4, -0.2) is 13.2 Å². The van der Waals surface area contributed by atoms with Gasteiger partial charge in [0.25, 0.3) is 0 Å². The molecule has 1 aliphatic rings. The lowest BCUT2D eigenvalue weighted by Crippen LogP contribution is -2.16. The summed E-state index contributed by atoms with van der Waals surface area (Å²) in [5.41, 5.74) is 0.855. The molecule has 0 saturated heterocycles. The smallest absolute Gasteiger partial charge is 0.163 e. The lowest BCUT2D eigenvalue weighted by molar-refractivity contribution is 0.171. The molecular formula is C14H13BrClNO2S. The van der Waals surface area contributed by atoms with E-state index in [-0.39, 0.29) is 6.04 Å². The quantitative estimate of drug-likeness (QED) is 0.810. The fourth-order valence-electron chi connectivity index (χ4n) is 2.04. The third kappa shape index (κ3) is 2.90. The summed E-state index contributed by atoms with van der Waals surface area (Å²) in [6, 6.07) is 8.01. The van der Waals surface area contributed by atoms with Gasteiger partial charge in [0.2, 0.25) is 0 Å². The summed E-state index contributed by atoms with van der Waals surface area (Å²) >= 11 is 11.5. The van der Waals surface area contributed by atoms with Gasteiger partial charge in [-0.25, -0.2) is 0 Å². The summed E-state index contributed by atoms with van der Waals surface area (Å²) < 4.78 is 12.2. The van der Waals surface area contributed by atoms with Gasteiger partial charge in [-0.15, -0.1) is 11.3 Å². The molecule has 1 aliphatic heterocycles. The molecule has 20 heavy (non-hydrogen) atoms. The molecule has 0 spiro atoms. The fourth-order valence-corrected chi connectivity index (χ4v) is 3.67. The standard InChI is InChI=1S/C14H13BrClNO2S/c1-8(13-2-3-14(15)20-13)17-10-7-12-11(6-9(10)16)18-4-5-19-12/h2-3,6-8,17H,4-5H2,1H3. The van der Waals surface area contributed by atoms with Crippen molar-refractivity contribution in [3.63, 3.8) is 0 Å². The van der Waals surface area contributed by atoms with Crippen molar-refractivity contribution >= 4 is 44.6 Å². The van der Waals surface area contributed by atoms with E-state index in [0.717, 1.165) is 15.2 Å². The van der Waals surface area contributed by atoms with Crippen LogP contribution in [0.25, 0.3) is 0 Å². The van der Waals surface area contributed by atoms with Crippen LogP contribution in [0.15, 0.2) is 28.1 Å². The van der Waals surface area contributed by atoms with Gasteiger partial charge < -0.3 is 14.8 Å². The Balaban J connectivity index is 1.83. The highest BCUT2D eigenvalue weighted by Gasteiger charge is 2.17. The predicted molar refractivity (Wildman–Crippen MR) is 86.5 cm³/mol. The first-order valence-corrected chi connectivity index (χ1v) is 8.23. The maximum absolute atomic E-state index is 6.29. The predicted octanol–water partition coefficient (Wildman–Crippen LogP) is 5.11. The van der Waals surface area contributed by atoms with Gasteiger partial charge in [-0.2, -0.15) is 0 Å². The van der Waals surface area contributed by atoms with Gasteiger partial charge in [0.1, 0.15) is 13.2 Å². The van der Waals surface area contributed by atoms with Crippen LogP contribution in [0.5, 0.6) is 11.5 Å². The zero-order chi connectivity index (χ0) is 14.1. The van der Waals surface area contributed by atoms with Crippen LogP contribution in [0.3, 0.4) is 0 Å². The van der Waals surface area contributed by atoms with Crippen molar-refractivity contribution < 1.29 is 9.47 Å². The number of hydrogen-bond acceptors (Lipinski definition) is 4. The summed E-state index contributed by atoms with van der Waals surface area (Å²) in [6.45, 7) is 3.24. The Bertz CT molecular complexity index is 632. The Morgan fingerprint density at radius 3 is 2.60 bits per heavy atom. The summed E-state index contributed by atoms with van der Waals surface area (Å²) in [5, 5.41) is 4.05. The monoisotopic (exact) mass is 373 g/mol. The number of rotatable bonds is 3. The number of fused-ring (bicyclic) bond motifs is 1. The van der Waals surface area contributed by atoms with Crippen LogP contribution in [0.4, 0.5) is 5.69 Å². The van der Waals surface area contributed by atoms with E-state index in [0.29, 0.717) is 24.0 Å². The third-order valence-electron chi connectivity index (χ3n) is 3.02. The van der Waals surface area contributed by atoms with E-state index in [1.807, 2.05) is 12.1 Å².